The van der Waals surface area contributed by atoms with E-state index in [9.17, 15) is 20.4 Å². The fourth-order valence-electron chi connectivity index (χ4n) is 3.39. The summed E-state index contributed by atoms with van der Waals surface area (Å²) in [6.07, 6.45) is -2.47. The van der Waals surface area contributed by atoms with Crippen molar-refractivity contribution in [3.63, 3.8) is 0 Å². The van der Waals surface area contributed by atoms with Crippen LogP contribution in [0.4, 0.5) is 0 Å². The van der Waals surface area contributed by atoms with Crippen LogP contribution in [0.25, 0.3) is 0 Å². The van der Waals surface area contributed by atoms with Crippen LogP contribution < -0.4 is 20.4 Å². The second kappa shape index (κ2) is 15.9. The average molecular weight is 481 g/mol. The predicted molar refractivity (Wildman–Crippen MR) is 119 cm³/mol. The Morgan fingerprint density at radius 1 is 0.606 bits per heavy atom. The Bertz CT molecular complexity index is 815. The molecule has 0 radical (unpaired) electrons. The fourth-order valence-corrected chi connectivity index (χ4v) is 3.39. The molecule has 5 nitrogen and oxygen atoms in total. The minimum atomic E-state index is -1.03. The maximum absolute atomic E-state index is 12.9. The third-order valence-electron chi connectivity index (χ3n) is 4.93. The van der Waals surface area contributed by atoms with E-state index in [-0.39, 0.29) is 34.8 Å². The van der Waals surface area contributed by atoms with Crippen LogP contribution in [0.1, 0.15) is 48.8 Å². The molecule has 3 rings (SSSR count). The van der Waals surface area contributed by atoms with Crippen LogP contribution in [0, 0.1) is 0 Å². The van der Waals surface area contributed by atoms with Crippen molar-refractivity contribution >= 4 is 0 Å². The molecule has 0 spiro atoms. The maximum Gasteiger partial charge on any atom is 4.00 e. The van der Waals surface area contributed by atoms with Gasteiger partial charge in [-0.2, -0.15) is 0 Å². The van der Waals surface area contributed by atoms with Crippen LogP contribution in [0.2, 0.25) is 0 Å². The van der Waals surface area contributed by atoms with E-state index in [0.29, 0.717) is 11.1 Å². The normalized spacial score (nSPS) is 13.5. The molecule has 172 valence electrons. The molecule has 6 heteroatoms. The van der Waals surface area contributed by atoms with Crippen molar-refractivity contribution in [2.24, 2.45) is 0 Å². The molecule has 0 saturated heterocycles. The number of nitrogens with zero attached hydrogens (tertiary/aromatic N) is 1. The molecule has 0 bridgehead atoms. The molecule has 0 saturated carbocycles. The van der Waals surface area contributed by atoms with Crippen molar-refractivity contribution in [1.29, 1.82) is 0 Å². The number of rotatable bonds is 9. The zero-order valence-corrected chi connectivity index (χ0v) is 20.7. The van der Waals surface area contributed by atoms with Crippen LogP contribution in [0.3, 0.4) is 0 Å². The van der Waals surface area contributed by atoms with Crippen molar-refractivity contribution in [1.82, 2.24) is 4.90 Å². The Balaban J connectivity index is 0.00000101. The van der Waals surface area contributed by atoms with Gasteiger partial charge in [-0.15, -0.1) is 12.7 Å². The first-order valence-corrected chi connectivity index (χ1v) is 10.9. The summed E-state index contributed by atoms with van der Waals surface area (Å²) in [7, 11) is 0. The van der Waals surface area contributed by atoms with Crippen molar-refractivity contribution in [3.05, 3.63) is 108 Å². The average Bonchev–Trinajstić information content (AvgIpc) is 2.81. The molecule has 0 aliphatic rings. The summed E-state index contributed by atoms with van der Waals surface area (Å²) in [6.45, 7) is 3.03. The monoisotopic (exact) mass is 481 g/mol. The zero-order valence-electron chi connectivity index (χ0n) is 19.2. The number of hydrogen-bond donors (Lipinski definition) is 0. The molecule has 3 aromatic carbocycles. The molecule has 0 fully saturated rings. The summed E-state index contributed by atoms with van der Waals surface area (Å²) in [4.78, 5) is 1.76. The van der Waals surface area contributed by atoms with Gasteiger partial charge in [-0.3, -0.25) is 4.90 Å². The summed E-state index contributed by atoms with van der Waals surface area (Å²) < 4.78 is 0. The van der Waals surface area contributed by atoms with E-state index < -0.39 is 31.0 Å². The van der Waals surface area contributed by atoms with Gasteiger partial charge in [0.05, 0.1) is 0 Å². The van der Waals surface area contributed by atoms with E-state index in [1.165, 1.54) is 0 Å². The van der Waals surface area contributed by atoms with Crippen LogP contribution in [0.15, 0.2) is 91.0 Å². The molecule has 0 aromatic heterocycles. The smallest absolute Gasteiger partial charge is 0.853 e. The van der Waals surface area contributed by atoms with Gasteiger partial charge in [-0.1, -0.05) is 128 Å². The van der Waals surface area contributed by atoms with Crippen LogP contribution >= 0.6 is 0 Å². The molecule has 33 heavy (non-hydrogen) atoms. The largest absolute Gasteiger partial charge is 4.00 e. The summed E-state index contributed by atoms with van der Waals surface area (Å²) in [5, 5.41) is 47.3. The molecule has 0 aliphatic carbocycles. The van der Waals surface area contributed by atoms with Gasteiger partial charge >= 0.3 is 21.7 Å². The molecule has 3 atom stereocenters. The van der Waals surface area contributed by atoms with Crippen molar-refractivity contribution in [2.75, 3.05) is 19.7 Å². The molecule has 3 aromatic rings. The van der Waals surface area contributed by atoms with E-state index in [0.717, 1.165) is 5.56 Å². The summed E-state index contributed by atoms with van der Waals surface area (Å²) in [5.41, 5.74) is 2.15. The van der Waals surface area contributed by atoms with Gasteiger partial charge < -0.3 is 20.4 Å². The zero-order chi connectivity index (χ0) is 23.3. The second-order valence-electron chi connectivity index (χ2n) is 7.89. The third-order valence-corrected chi connectivity index (χ3v) is 4.93. The summed E-state index contributed by atoms with van der Waals surface area (Å²) >= 11 is 0. The van der Waals surface area contributed by atoms with Gasteiger partial charge in [0.1, 0.15) is 0 Å². The molecule has 0 heterocycles. The van der Waals surface area contributed by atoms with E-state index in [4.69, 9.17) is 0 Å². The molecule has 0 aliphatic heterocycles. The van der Waals surface area contributed by atoms with Gasteiger partial charge in [-0.05, 0) is 18.7 Å². The molecule has 0 N–H and O–H groups in total. The quantitative estimate of drug-likeness (QED) is 0.430. The van der Waals surface area contributed by atoms with E-state index >= 15 is 0 Å². The fraction of sp³-hybridized carbons (Fsp3) is 0.333. The van der Waals surface area contributed by atoms with Gasteiger partial charge in [0.15, 0.2) is 0 Å². The molecular formula is C27H31NO4Ti. The Kier molecular flexibility index (Phi) is 14.1. The van der Waals surface area contributed by atoms with Crippen LogP contribution in [-0.4, -0.2) is 30.7 Å². The van der Waals surface area contributed by atoms with Gasteiger partial charge in [0.25, 0.3) is 0 Å². The molecular weight excluding hydrogens is 450 g/mol. The minimum absolute atomic E-state index is 0. The first-order chi connectivity index (χ1) is 15.4. The van der Waals surface area contributed by atoms with Crippen molar-refractivity contribution < 1.29 is 42.1 Å². The van der Waals surface area contributed by atoms with Gasteiger partial charge in [0.2, 0.25) is 0 Å². The van der Waals surface area contributed by atoms with Crippen LogP contribution in [0.5, 0.6) is 0 Å². The summed E-state index contributed by atoms with van der Waals surface area (Å²) in [6, 6.07) is 27.0. The molecule has 0 amide bonds. The third kappa shape index (κ3) is 10.3. The summed E-state index contributed by atoms with van der Waals surface area (Å²) in [5.74, 6) is 0. The Labute approximate surface area is 212 Å². The van der Waals surface area contributed by atoms with Gasteiger partial charge in [0, 0.05) is 6.04 Å². The first kappa shape index (κ1) is 29.2. The van der Waals surface area contributed by atoms with Crippen molar-refractivity contribution in [2.45, 2.75) is 38.2 Å². The first-order valence-electron chi connectivity index (χ1n) is 10.9. The Morgan fingerprint density at radius 3 is 1.21 bits per heavy atom. The Morgan fingerprint density at radius 2 is 0.909 bits per heavy atom. The SMILES string of the molecule is CC(C)[O-].[O-]C[C@H](c1ccccc1)N(C[C@H]([O-])c1ccccc1)C[C@H]([O-])c1ccccc1.[Ti+4]. The van der Waals surface area contributed by atoms with E-state index in [1.807, 2.05) is 66.7 Å². The number of hydrogen-bond acceptors (Lipinski definition) is 5. The minimum Gasteiger partial charge on any atom is -0.853 e. The standard InChI is InChI=1S/C24H24NO3.C3H7O.Ti/c26-18-22(19-10-4-1-5-11-19)25(16-23(27)20-12-6-2-7-13-20)17-24(28)21-14-8-3-9-15-21;1-3(2)4;/h1-15,22-24H,16-18H2;3H,1-2H3;/q-3;-1;+4/t22-,23+,24+;;/m1../s1. The topological polar surface area (TPSA) is 95.5 Å². The van der Waals surface area contributed by atoms with E-state index in [1.54, 1.807) is 43.0 Å². The number of benzene rings is 3. The van der Waals surface area contributed by atoms with Crippen LogP contribution in [-0.2, 0) is 21.7 Å². The molecule has 0 unspecified atom stereocenters. The predicted octanol–water partition coefficient (Wildman–Crippen LogP) is 1.35. The van der Waals surface area contributed by atoms with Gasteiger partial charge in [-0.25, -0.2) is 0 Å². The second-order valence-corrected chi connectivity index (χ2v) is 7.89. The maximum atomic E-state index is 12.9. The van der Waals surface area contributed by atoms with Crippen molar-refractivity contribution in [3.8, 4) is 0 Å². The van der Waals surface area contributed by atoms with E-state index in [2.05, 4.69) is 0 Å². The Hall–Kier alpha value is -1.83.